The van der Waals surface area contributed by atoms with E-state index in [4.69, 9.17) is 0 Å². The summed E-state index contributed by atoms with van der Waals surface area (Å²) in [5.74, 6) is 1.72. The minimum atomic E-state index is -0.270. The third-order valence-electron chi connectivity index (χ3n) is 7.41. The summed E-state index contributed by atoms with van der Waals surface area (Å²) >= 11 is 0. The lowest BCUT2D eigenvalue weighted by atomic mass is 9.52. The van der Waals surface area contributed by atoms with Gasteiger partial charge in [0.05, 0.1) is 0 Å². The lowest BCUT2D eigenvalue weighted by Crippen LogP contribution is -2.46. The molecule has 3 aliphatic rings. The van der Waals surface area contributed by atoms with Gasteiger partial charge in [0.2, 0.25) is 0 Å². The number of ketones is 2. The molecule has 0 amide bonds. The molecule has 1 fully saturated rings. The summed E-state index contributed by atoms with van der Waals surface area (Å²) in [6.07, 6.45) is 10.2. The van der Waals surface area contributed by atoms with Gasteiger partial charge in [0.1, 0.15) is 5.78 Å². The van der Waals surface area contributed by atoms with Crippen molar-refractivity contribution in [2.75, 3.05) is 0 Å². The van der Waals surface area contributed by atoms with Crippen LogP contribution < -0.4 is 0 Å². The van der Waals surface area contributed by atoms with Gasteiger partial charge in [-0.25, -0.2) is 0 Å². The number of hydrogen-bond donors (Lipinski definition) is 0. The molecule has 3 atom stereocenters. The van der Waals surface area contributed by atoms with Gasteiger partial charge in [-0.1, -0.05) is 46.1 Å². The topological polar surface area (TPSA) is 34.1 Å². The van der Waals surface area contributed by atoms with Crippen LogP contribution in [0.5, 0.6) is 0 Å². The van der Waals surface area contributed by atoms with E-state index in [0.29, 0.717) is 17.6 Å². The number of allylic oxidation sites excluding steroid dienone is 4. The highest BCUT2D eigenvalue weighted by Crippen LogP contribution is 2.57. The summed E-state index contributed by atoms with van der Waals surface area (Å²) in [4.78, 5) is 25.1. The first kappa shape index (κ1) is 18.6. The van der Waals surface area contributed by atoms with E-state index in [1.54, 1.807) is 5.57 Å². The molecular formula is C23H34O2. The minimum Gasteiger partial charge on any atom is -0.299 e. The first-order chi connectivity index (χ1) is 11.8. The van der Waals surface area contributed by atoms with Gasteiger partial charge in [0.25, 0.3) is 0 Å². The van der Waals surface area contributed by atoms with E-state index in [1.807, 2.05) is 13.0 Å². The minimum absolute atomic E-state index is 0.112. The van der Waals surface area contributed by atoms with Crippen LogP contribution in [-0.4, -0.2) is 11.6 Å². The van der Waals surface area contributed by atoms with Gasteiger partial charge >= 0.3 is 0 Å². The fourth-order valence-electron chi connectivity index (χ4n) is 6.09. The maximum atomic E-state index is 12.7. The first-order valence-corrected chi connectivity index (χ1v) is 10.2. The fourth-order valence-corrected chi connectivity index (χ4v) is 6.09. The van der Waals surface area contributed by atoms with Gasteiger partial charge in [-0.05, 0) is 74.5 Å². The molecule has 3 rings (SSSR count). The SMILES string of the molecule is CCCC1(C(C)=O)CCC2=C3CC(C)(C)C(=O)C=C3CC[C@H]2C1CC. The largest absolute Gasteiger partial charge is 0.299 e. The zero-order valence-electron chi connectivity index (χ0n) is 16.7. The Morgan fingerprint density at radius 3 is 2.56 bits per heavy atom. The van der Waals surface area contributed by atoms with E-state index in [9.17, 15) is 9.59 Å². The molecule has 25 heavy (non-hydrogen) atoms. The molecule has 2 nitrogen and oxygen atoms in total. The monoisotopic (exact) mass is 342 g/mol. The Bertz CT molecular complexity index is 649. The highest BCUT2D eigenvalue weighted by Gasteiger charge is 2.51. The molecule has 0 radical (unpaired) electrons. The van der Waals surface area contributed by atoms with Crippen molar-refractivity contribution in [3.05, 3.63) is 22.8 Å². The van der Waals surface area contributed by atoms with Crippen LogP contribution >= 0.6 is 0 Å². The Kier molecular flexibility index (Phi) is 4.85. The maximum absolute atomic E-state index is 12.7. The van der Waals surface area contributed by atoms with Crippen LogP contribution in [0.15, 0.2) is 22.8 Å². The van der Waals surface area contributed by atoms with E-state index >= 15 is 0 Å². The molecule has 138 valence electrons. The van der Waals surface area contributed by atoms with E-state index in [-0.39, 0.29) is 16.6 Å². The van der Waals surface area contributed by atoms with Crippen molar-refractivity contribution >= 4 is 11.6 Å². The predicted octanol–water partition coefficient (Wildman–Crippen LogP) is 5.81. The van der Waals surface area contributed by atoms with Crippen molar-refractivity contribution in [2.45, 2.75) is 86.0 Å². The average Bonchev–Trinajstić information content (AvgIpc) is 2.55. The van der Waals surface area contributed by atoms with Gasteiger partial charge in [-0.3, -0.25) is 9.59 Å². The fraction of sp³-hybridized carbons (Fsp3) is 0.739. The van der Waals surface area contributed by atoms with Crippen LogP contribution in [0, 0.1) is 22.7 Å². The molecule has 0 aromatic heterocycles. The number of Topliss-reactive ketones (excluding diaryl/α,β-unsaturated/α-hetero) is 1. The van der Waals surface area contributed by atoms with Gasteiger partial charge in [-0.15, -0.1) is 0 Å². The number of rotatable bonds is 4. The maximum Gasteiger partial charge on any atom is 0.161 e. The number of carbonyl (C=O) groups is 2. The molecule has 0 bridgehead atoms. The number of carbonyl (C=O) groups excluding carboxylic acids is 2. The molecule has 0 aromatic rings. The van der Waals surface area contributed by atoms with Crippen LogP contribution in [0.25, 0.3) is 0 Å². The Morgan fingerprint density at radius 2 is 1.96 bits per heavy atom. The Balaban J connectivity index is 2.05. The quantitative estimate of drug-likeness (QED) is 0.645. The molecule has 0 spiro atoms. The van der Waals surface area contributed by atoms with E-state index in [0.717, 1.165) is 51.4 Å². The van der Waals surface area contributed by atoms with Crippen LogP contribution in [0.2, 0.25) is 0 Å². The number of hydrogen-bond acceptors (Lipinski definition) is 2. The lowest BCUT2D eigenvalue weighted by molar-refractivity contribution is -0.134. The Morgan fingerprint density at radius 1 is 1.24 bits per heavy atom. The standard InChI is InChI=1S/C23H34O2/c1-6-11-23(15(3)24)12-10-17-18(20(23)7-2)9-8-16-13-21(25)22(4,5)14-19(16)17/h13,18,20H,6-12,14H2,1-5H3/t18-,20?,23?/m1/s1. The van der Waals surface area contributed by atoms with Crippen LogP contribution in [0.3, 0.4) is 0 Å². The zero-order valence-corrected chi connectivity index (χ0v) is 16.7. The van der Waals surface area contributed by atoms with E-state index in [1.165, 1.54) is 11.1 Å². The molecule has 0 aromatic carbocycles. The van der Waals surface area contributed by atoms with Crippen LogP contribution in [0.4, 0.5) is 0 Å². The second-order valence-electron chi connectivity index (χ2n) is 9.22. The van der Waals surface area contributed by atoms with Crippen molar-refractivity contribution in [1.82, 2.24) is 0 Å². The van der Waals surface area contributed by atoms with Crippen molar-refractivity contribution in [3.63, 3.8) is 0 Å². The highest BCUT2D eigenvalue weighted by molar-refractivity contribution is 5.97. The van der Waals surface area contributed by atoms with Gasteiger partial charge in [0, 0.05) is 10.8 Å². The first-order valence-electron chi connectivity index (χ1n) is 10.2. The third-order valence-corrected chi connectivity index (χ3v) is 7.41. The summed E-state index contributed by atoms with van der Waals surface area (Å²) in [7, 11) is 0. The van der Waals surface area contributed by atoms with Gasteiger partial charge in [-0.2, -0.15) is 0 Å². The molecule has 2 heteroatoms. The second kappa shape index (κ2) is 6.52. The Labute approximate surface area is 153 Å². The van der Waals surface area contributed by atoms with Crippen molar-refractivity contribution < 1.29 is 9.59 Å². The predicted molar refractivity (Wildman–Crippen MR) is 102 cm³/mol. The van der Waals surface area contributed by atoms with Crippen molar-refractivity contribution in [3.8, 4) is 0 Å². The summed E-state index contributed by atoms with van der Waals surface area (Å²) in [6.45, 7) is 10.5. The molecule has 2 unspecified atom stereocenters. The Hall–Kier alpha value is -1.18. The molecular weight excluding hydrogens is 308 g/mol. The highest BCUT2D eigenvalue weighted by atomic mass is 16.1. The van der Waals surface area contributed by atoms with Crippen molar-refractivity contribution in [1.29, 1.82) is 0 Å². The summed E-state index contributed by atoms with van der Waals surface area (Å²) in [6, 6.07) is 0. The smallest absolute Gasteiger partial charge is 0.161 e. The second-order valence-corrected chi connectivity index (χ2v) is 9.22. The summed E-state index contributed by atoms with van der Waals surface area (Å²) in [5, 5.41) is 0. The van der Waals surface area contributed by atoms with Crippen LogP contribution in [0.1, 0.15) is 86.0 Å². The molecule has 0 N–H and O–H groups in total. The molecule has 1 saturated carbocycles. The third kappa shape index (κ3) is 2.86. The molecule has 0 heterocycles. The zero-order chi connectivity index (χ0) is 18.4. The summed E-state index contributed by atoms with van der Waals surface area (Å²) in [5.41, 5.74) is 4.00. The van der Waals surface area contributed by atoms with Gasteiger partial charge < -0.3 is 0 Å². The molecule has 0 aliphatic heterocycles. The average molecular weight is 343 g/mol. The molecule has 0 saturated heterocycles. The van der Waals surface area contributed by atoms with Crippen molar-refractivity contribution in [2.24, 2.45) is 22.7 Å². The summed E-state index contributed by atoms with van der Waals surface area (Å²) < 4.78 is 0. The van der Waals surface area contributed by atoms with E-state index in [2.05, 4.69) is 27.7 Å². The van der Waals surface area contributed by atoms with Crippen LogP contribution in [-0.2, 0) is 9.59 Å². The number of fused-ring (bicyclic) bond motifs is 2. The van der Waals surface area contributed by atoms with Gasteiger partial charge in [0.15, 0.2) is 5.78 Å². The van der Waals surface area contributed by atoms with E-state index < -0.39 is 0 Å². The lowest BCUT2D eigenvalue weighted by Gasteiger charge is -2.51. The molecule has 3 aliphatic carbocycles. The normalized spacial score (nSPS) is 34.3.